The zero-order valence-electron chi connectivity index (χ0n) is 10.1. The molecule has 3 heteroatoms. The van der Waals surface area contributed by atoms with Crippen molar-refractivity contribution in [3.05, 3.63) is 29.8 Å². The number of rotatable bonds is 5. The van der Waals surface area contributed by atoms with Gasteiger partial charge in [-0.05, 0) is 31.0 Å². The summed E-state index contributed by atoms with van der Waals surface area (Å²) in [5.41, 5.74) is 0.955. The molecule has 0 spiro atoms. The van der Waals surface area contributed by atoms with E-state index in [1.54, 1.807) is 18.7 Å². The van der Waals surface area contributed by atoms with Gasteiger partial charge in [-0.25, -0.2) is 0 Å². The van der Waals surface area contributed by atoms with Gasteiger partial charge in [0.1, 0.15) is 0 Å². The average Bonchev–Trinajstić information content (AvgIpc) is 2.28. The van der Waals surface area contributed by atoms with Crippen LogP contribution in [0.15, 0.2) is 29.2 Å². The molecule has 0 amide bonds. The van der Waals surface area contributed by atoms with E-state index in [9.17, 15) is 10.2 Å². The van der Waals surface area contributed by atoms with Gasteiger partial charge in [0, 0.05) is 10.1 Å². The highest BCUT2D eigenvalue weighted by Gasteiger charge is 2.10. The lowest BCUT2D eigenvalue weighted by Crippen LogP contribution is -2.14. The van der Waals surface area contributed by atoms with Crippen LogP contribution in [0.3, 0.4) is 0 Å². The quantitative estimate of drug-likeness (QED) is 0.777. The minimum atomic E-state index is -0.367. The molecular formula is C13H20O2S. The van der Waals surface area contributed by atoms with E-state index in [2.05, 4.69) is 0 Å². The molecule has 0 bridgehead atoms. The Morgan fingerprint density at radius 3 is 2.12 bits per heavy atom. The third-order valence-corrected chi connectivity index (χ3v) is 3.96. The lowest BCUT2D eigenvalue weighted by molar-refractivity contribution is 0.173. The molecule has 2 unspecified atom stereocenters. The summed E-state index contributed by atoms with van der Waals surface area (Å²) in [6.45, 7) is 5.76. The summed E-state index contributed by atoms with van der Waals surface area (Å²) >= 11 is 1.65. The van der Waals surface area contributed by atoms with E-state index in [-0.39, 0.29) is 17.5 Å². The second kappa shape index (κ2) is 6.28. The van der Waals surface area contributed by atoms with Crippen molar-refractivity contribution in [1.82, 2.24) is 0 Å². The zero-order valence-corrected chi connectivity index (χ0v) is 10.9. The van der Waals surface area contributed by atoms with Crippen LogP contribution in [-0.4, -0.2) is 21.6 Å². The van der Waals surface area contributed by atoms with E-state index in [4.69, 9.17) is 0 Å². The van der Waals surface area contributed by atoms with Gasteiger partial charge >= 0.3 is 0 Å². The summed E-state index contributed by atoms with van der Waals surface area (Å²) in [6.07, 6.45) is 0.0514. The second-order valence-electron chi connectivity index (χ2n) is 4.06. The van der Waals surface area contributed by atoms with Gasteiger partial charge in [0.2, 0.25) is 0 Å². The van der Waals surface area contributed by atoms with Crippen LogP contribution in [0.1, 0.15) is 38.9 Å². The van der Waals surface area contributed by atoms with Crippen molar-refractivity contribution >= 4 is 11.8 Å². The summed E-state index contributed by atoms with van der Waals surface area (Å²) in [6, 6.07) is 7.89. The molecule has 16 heavy (non-hydrogen) atoms. The van der Waals surface area contributed by atoms with E-state index in [1.165, 1.54) is 0 Å². The maximum Gasteiger partial charge on any atom is 0.0787 e. The zero-order chi connectivity index (χ0) is 12.1. The molecule has 0 fully saturated rings. The molecule has 1 rings (SSSR count). The monoisotopic (exact) mass is 240 g/mol. The number of hydrogen-bond acceptors (Lipinski definition) is 3. The molecule has 0 aliphatic heterocycles. The van der Waals surface area contributed by atoms with Gasteiger partial charge in [-0.3, -0.25) is 0 Å². The van der Waals surface area contributed by atoms with E-state index in [0.29, 0.717) is 0 Å². The highest BCUT2D eigenvalue weighted by atomic mass is 32.2. The Morgan fingerprint density at radius 2 is 1.69 bits per heavy atom. The molecular weight excluding hydrogens is 220 g/mol. The van der Waals surface area contributed by atoms with Crippen LogP contribution in [0.25, 0.3) is 0 Å². The smallest absolute Gasteiger partial charge is 0.0787 e. The third-order valence-electron chi connectivity index (χ3n) is 2.65. The van der Waals surface area contributed by atoms with E-state index in [1.807, 2.05) is 38.1 Å². The van der Waals surface area contributed by atoms with Gasteiger partial charge in [0.25, 0.3) is 0 Å². The fraction of sp³-hybridized carbons (Fsp3) is 0.538. The predicted octanol–water partition coefficient (Wildman–Crippen LogP) is 2.99. The van der Waals surface area contributed by atoms with Crippen molar-refractivity contribution in [3.8, 4) is 0 Å². The number of benzene rings is 1. The minimum absolute atomic E-state index is 0.182. The Labute approximate surface area is 102 Å². The topological polar surface area (TPSA) is 40.5 Å². The third kappa shape index (κ3) is 3.81. The first-order valence-electron chi connectivity index (χ1n) is 5.67. The summed E-state index contributed by atoms with van der Waals surface area (Å²) in [5.74, 6) is 0. The first-order chi connectivity index (χ1) is 7.54. The molecule has 1 aromatic rings. The summed E-state index contributed by atoms with van der Waals surface area (Å²) in [5, 5.41) is 19.2. The Morgan fingerprint density at radius 1 is 1.12 bits per heavy atom. The highest BCUT2D eigenvalue weighted by Crippen LogP contribution is 2.27. The number of hydrogen-bond donors (Lipinski definition) is 2. The van der Waals surface area contributed by atoms with Crippen LogP contribution in [0, 0.1) is 0 Å². The van der Waals surface area contributed by atoms with Crippen LogP contribution in [0.5, 0.6) is 0 Å². The molecule has 0 radical (unpaired) electrons. The molecule has 0 heterocycles. The standard InChI is InChI=1S/C13H20O2S/c1-4-13(15)11-5-7-12(8-6-11)16-10(3)9(2)14/h5-10,13-15H,4H2,1-3H3/t9?,10?,13-/m0/s1. The minimum Gasteiger partial charge on any atom is -0.392 e. The van der Waals surface area contributed by atoms with Gasteiger partial charge in [-0.15, -0.1) is 11.8 Å². The van der Waals surface area contributed by atoms with Crippen molar-refractivity contribution < 1.29 is 10.2 Å². The number of aliphatic hydroxyl groups excluding tert-OH is 2. The number of thioether (sulfide) groups is 1. The Balaban J connectivity index is 2.64. The molecule has 0 saturated heterocycles. The fourth-order valence-electron chi connectivity index (χ4n) is 1.32. The summed E-state index contributed by atoms with van der Waals surface area (Å²) in [7, 11) is 0. The molecule has 0 aliphatic carbocycles. The van der Waals surface area contributed by atoms with E-state index < -0.39 is 0 Å². The van der Waals surface area contributed by atoms with Crippen molar-refractivity contribution in [2.24, 2.45) is 0 Å². The Bertz CT molecular complexity index is 308. The predicted molar refractivity (Wildman–Crippen MR) is 68.7 cm³/mol. The molecule has 0 saturated carbocycles. The van der Waals surface area contributed by atoms with E-state index >= 15 is 0 Å². The first kappa shape index (κ1) is 13.6. The highest BCUT2D eigenvalue weighted by molar-refractivity contribution is 8.00. The molecule has 0 aromatic heterocycles. The average molecular weight is 240 g/mol. The van der Waals surface area contributed by atoms with Crippen molar-refractivity contribution in [1.29, 1.82) is 0 Å². The Kier molecular flexibility index (Phi) is 5.32. The van der Waals surface area contributed by atoms with Crippen LogP contribution >= 0.6 is 11.8 Å². The van der Waals surface area contributed by atoms with Crippen molar-refractivity contribution in [3.63, 3.8) is 0 Å². The van der Waals surface area contributed by atoms with E-state index in [0.717, 1.165) is 16.9 Å². The largest absolute Gasteiger partial charge is 0.392 e. The molecule has 2 N–H and O–H groups in total. The number of aliphatic hydroxyl groups is 2. The van der Waals surface area contributed by atoms with Crippen molar-refractivity contribution in [2.75, 3.05) is 0 Å². The van der Waals surface area contributed by atoms with Crippen LogP contribution in [-0.2, 0) is 0 Å². The van der Waals surface area contributed by atoms with Gasteiger partial charge in [0.05, 0.1) is 12.2 Å². The second-order valence-corrected chi connectivity index (χ2v) is 5.51. The Hall–Kier alpha value is -0.510. The SMILES string of the molecule is CC[C@H](O)c1ccc(SC(C)C(C)O)cc1. The fourth-order valence-corrected chi connectivity index (χ4v) is 2.24. The molecule has 2 nitrogen and oxygen atoms in total. The van der Waals surface area contributed by atoms with Crippen LogP contribution < -0.4 is 0 Å². The normalized spacial score (nSPS) is 16.8. The van der Waals surface area contributed by atoms with Gasteiger partial charge in [0.15, 0.2) is 0 Å². The van der Waals surface area contributed by atoms with Gasteiger partial charge < -0.3 is 10.2 Å². The summed E-state index contributed by atoms with van der Waals surface area (Å²) < 4.78 is 0. The van der Waals surface area contributed by atoms with Crippen molar-refractivity contribution in [2.45, 2.75) is 49.5 Å². The molecule has 90 valence electrons. The molecule has 3 atom stereocenters. The van der Waals surface area contributed by atoms with Crippen LogP contribution in [0.2, 0.25) is 0 Å². The van der Waals surface area contributed by atoms with Gasteiger partial charge in [-0.1, -0.05) is 26.0 Å². The maximum absolute atomic E-state index is 9.64. The molecule has 0 aliphatic rings. The lowest BCUT2D eigenvalue weighted by Gasteiger charge is -2.14. The van der Waals surface area contributed by atoms with Crippen LogP contribution in [0.4, 0.5) is 0 Å². The first-order valence-corrected chi connectivity index (χ1v) is 6.55. The summed E-state index contributed by atoms with van der Waals surface area (Å²) in [4.78, 5) is 1.13. The van der Waals surface area contributed by atoms with Gasteiger partial charge in [-0.2, -0.15) is 0 Å². The molecule has 1 aromatic carbocycles. The maximum atomic E-state index is 9.64. The lowest BCUT2D eigenvalue weighted by atomic mass is 10.1.